The van der Waals surface area contributed by atoms with Crippen LogP contribution in [0.25, 0.3) is 0 Å². The fourth-order valence-corrected chi connectivity index (χ4v) is 3.00. The molecule has 0 aromatic heterocycles. The lowest BCUT2D eigenvalue weighted by molar-refractivity contribution is -0.127. The van der Waals surface area contributed by atoms with Crippen molar-refractivity contribution in [3.63, 3.8) is 0 Å². The van der Waals surface area contributed by atoms with E-state index in [-0.39, 0.29) is 5.91 Å². The van der Waals surface area contributed by atoms with Crippen LogP contribution in [0.15, 0.2) is 103 Å². The zero-order valence-electron chi connectivity index (χ0n) is 15.5. The Kier molecular flexibility index (Phi) is 7.00. The number of carbonyl (C=O) groups excluding carboxylic acids is 1. The molecule has 0 bridgehead atoms. The Morgan fingerprint density at radius 3 is 1.59 bits per heavy atom. The van der Waals surface area contributed by atoms with Gasteiger partial charge >= 0.3 is 0 Å². The van der Waals surface area contributed by atoms with Crippen LogP contribution >= 0.6 is 0 Å². The molecule has 0 aliphatic rings. The van der Waals surface area contributed by atoms with Crippen LogP contribution in [-0.2, 0) is 24.3 Å². The Hall–Kier alpha value is -3.13. The van der Waals surface area contributed by atoms with Crippen LogP contribution in [0.2, 0.25) is 0 Å². The zero-order chi connectivity index (χ0) is 18.7. The molecule has 27 heavy (non-hydrogen) atoms. The number of amides is 1. The highest BCUT2D eigenvalue weighted by Crippen LogP contribution is 2.11. The van der Waals surface area contributed by atoms with E-state index in [2.05, 4.69) is 36.4 Å². The van der Waals surface area contributed by atoms with Crippen molar-refractivity contribution in [2.24, 2.45) is 0 Å². The van der Waals surface area contributed by atoms with E-state index in [0.717, 1.165) is 24.0 Å². The average Bonchev–Trinajstić information content (AvgIpc) is 2.73. The standard InChI is InChI=1S/C25H25NO/c27-25(19-11-10-14-22-12-4-1-5-13-22)26(20-23-15-6-2-7-16-23)21-24-17-8-3-9-18-24/h1-9,11-13,15-19H,10,14,20-21H2/b19-11-. The smallest absolute Gasteiger partial charge is 0.246 e. The first kappa shape index (κ1) is 18.7. The molecule has 3 aromatic rings. The van der Waals surface area contributed by atoms with Gasteiger partial charge < -0.3 is 4.90 Å². The largest absolute Gasteiger partial charge is 0.331 e. The fraction of sp³-hybridized carbons (Fsp3) is 0.160. The first-order valence-electron chi connectivity index (χ1n) is 9.38. The number of benzene rings is 3. The normalized spacial score (nSPS) is 10.8. The van der Waals surface area contributed by atoms with Gasteiger partial charge in [-0.15, -0.1) is 0 Å². The van der Waals surface area contributed by atoms with Crippen LogP contribution in [0, 0.1) is 0 Å². The molecule has 0 atom stereocenters. The second-order valence-corrected chi connectivity index (χ2v) is 6.59. The number of rotatable bonds is 8. The number of allylic oxidation sites excluding steroid dienone is 1. The van der Waals surface area contributed by atoms with Crippen LogP contribution in [0.3, 0.4) is 0 Å². The zero-order valence-corrected chi connectivity index (χ0v) is 15.5. The average molecular weight is 355 g/mol. The van der Waals surface area contributed by atoms with E-state index in [9.17, 15) is 4.79 Å². The van der Waals surface area contributed by atoms with Crippen LogP contribution in [0.5, 0.6) is 0 Å². The Bertz CT molecular complexity index is 800. The molecule has 0 spiro atoms. The van der Waals surface area contributed by atoms with Crippen LogP contribution in [0.4, 0.5) is 0 Å². The molecule has 0 saturated heterocycles. The van der Waals surface area contributed by atoms with Gasteiger partial charge in [-0.2, -0.15) is 0 Å². The Balaban J connectivity index is 1.63. The summed E-state index contributed by atoms with van der Waals surface area (Å²) in [5, 5.41) is 0. The van der Waals surface area contributed by atoms with Crippen molar-refractivity contribution in [1.82, 2.24) is 4.90 Å². The van der Waals surface area contributed by atoms with Crippen molar-refractivity contribution in [3.8, 4) is 0 Å². The third kappa shape index (κ3) is 6.27. The molecule has 2 nitrogen and oxygen atoms in total. The lowest BCUT2D eigenvalue weighted by atomic mass is 10.1. The van der Waals surface area contributed by atoms with Gasteiger partial charge in [-0.1, -0.05) is 97.1 Å². The monoisotopic (exact) mass is 355 g/mol. The summed E-state index contributed by atoms with van der Waals surface area (Å²) in [6.45, 7) is 1.22. The summed E-state index contributed by atoms with van der Waals surface area (Å²) >= 11 is 0. The molecule has 0 aliphatic heterocycles. The van der Waals surface area contributed by atoms with Gasteiger partial charge in [0.1, 0.15) is 0 Å². The fourth-order valence-electron chi connectivity index (χ4n) is 3.00. The summed E-state index contributed by atoms with van der Waals surface area (Å²) in [5.41, 5.74) is 3.57. The van der Waals surface area contributed by atoms with Crippen LogP contribution in [-0.4, -0.2) is 10.8 Å². The predicted octanol–water partition coefficient (Wildman–Crippen LogP) is 5.40. The minimum atomic E-state index is 0.0516. The van der Waals surface area contributed by atoms with Gasteiger partial charge in [0, 0.05) is 13.1 Å². The summed E-state index contributed by atoms with van der Waals surface area (Å²) in [5.74, 6) is 0.0516. The van der Waals surface area contributed by atoms with E-state index in [0.29, 0.717) is 13.1 Å². The molecule has 0 saturated carbocycles. The molecular formula is C25H25NO. The highest BCUT2D eigenvalue weighted by Gasteiger charge is 2.12. The summed E-state index contributed by atoms with van der Waals surface area (Å²) < 4.78 is 0. The van der Waals surface area contributed by atoms with Gasteiger partial charge in [0.05, 0.1) is 0 Å². The Labute approximate surface area is 161 Å². The number of hydrogen-bond donors (Lipinski definition) is 0. The van der Waals surface area contributed by atoms with Crippen molar-refractivity contribution in [3.05, 3.63) is 120 Å². The summed E-state index contributed by atoms with van der Waals surface area (Å²) in [6, 6.07) is 30.6. The van der Waals surface area contributed by atoms with E-state index in [1.54, 1.807) is 6.08 Å². The molecule has 1 amide bonds. The molecule has 2 heteroatoms. The maximum Gasteiger partial charge on any atom is 0.246 e. The topological polar surface area (TPSA) is 20.3 Å². The molecular weight excluding hydrogens is 330 g/mol. The third-order valence-electron chi connectivity index (χ3n) is 4.45. The van der Waals surface area contributed by atoms with Crippen molar-refractivity contribution < 1.29 is 4.79 Å². The minimum absolute atomic E-state index is 0.0516. The molecule has 3 rings (SSSR count). The first-order chi connectivity index (χ1) is 13.3. The van der Waals surface area contributed by atoms with Crippen molar-refractivity contribution in [2.75, 3.05) is 0 Å². The van der Waals surface area contributed by atoms with E-state index in [4.69, 9.17) is 0 Å². The molecule has 0 radical (unpaired) electrons. The van der Waals surface area contributed by atoms with E-state index >= 15 is 0 Å². The highest BCUT2D eigenvalue weighted by molar-refractivity contribution is 5.87. The summed E-state index contributed by atoms with van der Waals surface area (Å²) in [6.07, 6.45) is 5.51. The lowest BCUT2D eigenvalue weighted by Gasteiger charge is -2.21. The first-order valence-corrected chi connectivity index (χ1v) is 9.38. The highest BCUT2D eigenvalue weighted by atomic mass is 16.2. The van der Waals surface area contributed by atoms with Gasteiger partial charge in [0.2, 0.25) is 5.91 Å². The molecule has 0 unspecified atom stereocenters. The number of aryl methyl sites for hydroxylation is 1. The van der Waals surface area contributed by atoms with Gasteiger partial charge in [-0.05, 0) is 35.6 Å². The van der Waals surface area contributed by atoms with Gasteiger partial charge in [-0.25, -0.2) is 0 Å². The quantitative estimate of drug-likeness (QED) is 0.495. The summed E-state index contributed by atoms with van der Waals surface area (Å²) in [7, 11) is 0. The van der Waals surface area contributed by atoms with Crippen LogP contribution < -0.4 is 0 Å². The van der Waals surface area contributed by atoms with Gasteiger partial charge in [0.25, 0.3) is 0 Å². The predicted molar refractivity (Wildman–Crippen MR) is 111 cm³/mol. The maximum atomic E-state index is 12.8. The lowest BCUT2D eigenvalue weighted by Crippen LogP contribution is -2.28. The van der Waals surface area contributed by atoms with Crippen molar-refractivity contribution in [2.45, 2.75) is 25.9 Å². The third-order valence-corrected chi connectivity index (χ3v) is 4.45. The van der Waals surface area contributed by atoms with Gasteiger partial charge in [0.15, 0.2) is 0 Å². The number of hydrogen-bond acceptors (Lipinski definition) is 1. The molecule has 0 fully saturated rings. The van der Waals surface area contributed by atoms with E-state index < -0.39 is 0 Å². The van der Waals surface area contributed by atoms with E-state index in [1.807, 2.05) is 65.6 Å². The minimum Gasteiger partial charge on any atom is -0.331 e. The van der Waals surface area contributed by atoms with Crippen molar-refractivity contribution >= 4 is 5.91 Å². The molecule has 0 aliphatic carbocycles. The number of carbonyl (C=O) groups is 1. The van der Waals surface area contributed by atoms with Crippen molar-refractivity contribution in [1.29, 1.82) is 0 Å². The second-order valence-electron chi connectivity index (χ2n) is 6.59. The van der Waals surface area contributed by atoms with E-state index in [1.165, 1.54) is 5.56 Å². The Morgan fingerprint density at radius 1 is 0.667 bits per heavy atom. The van der Waals surface area contributed by atoms with Gasteiger partial charge in [-0.3, -0.25) is 4.79 Å². The maximum absolute atomic E-state index is 12.8. The SMILES string of the molecule is O=C(/C=C\CCc1ccccc1)N(Cc1ccccc1)Cc1ccccc1. The Morgan fingerprint density at radius 2 is 1.11 bits per heavy atom. The molecule has 0 heterocycles. The second kappa shape index (κ2) is 10.1. The molecule has 0 N–H and O–H groups in total. The van der Waals surface area contributed by atoms with Crippen LogP contribution in [0.1, 0.15) is 23.1 Å². The molecule has 3 aromatic carbocycles. The molecule has 136 valence electrons. The summed E-state index contributed by atoms with van der Waals surface area (Å²) in [4.78, 5) is 14.7. The number of nitrogens with zero attached hydrogens (tertiary/aromatic N) is 1.